The number of aromatic hydroxyl groups is 1. The zero-order valence-electron chi connectivity index (χ0n) is 9.44. The van der Waals surface area contributed by atoms with Crippen molar-refractivity contribution in [2.24, 2.45) is 0 Å². The van der Waals surface area contributed by atoms with Gasteiger partial charge in [0.1, 0.15) is 5.75 Å². The van der Waals surface area contributed by atoms with Crippen LogP contribution in [0.3, 0.4) is 0 Å². The first kappa shape index (κ1) is 13.5. The molecule has 2 N–H and O–H groups in total. The molecule has 1 unspecified atom stereocenters. The number of benzene rings is 1. The van der Waals surface area contributed by atoms with Gasteiger partial charge in [-0.05, 0) is 17.7 Å². The number of rotatable bonds is 5. The molecule has 0 spiro atoms. The average Bonchev–Trinajstić information content (AvgIpc) is 2.32. The van der Waals surface area contributed by atoms with Gasteiger partial charge in [-0.2, -0.15) is 0 Å². The molecule has 0 aliphatic carbocycles. The van der Waals surface area contributed by atoms with Crippen molar-refractivity contribution in [3.8, 4) is 5.75 Å². The van der Waals surface area contributed by atoms with E-state index < -0.39 is 6.10 Å². The molecule has 0 radical (unpaired) electrons. The van der Waals surface area contributed by atoms with E-state index in [2.05, 4.69) is 11.9 Å². The fraction of sp³-hybridized carbons (Fsp3) is 0.250. The Kier molecular flexibility index (Phi) is 5.00. The van der Waals surface area contributed by atoms with E-state index in [0.717, 1.165) is 0 Å². The van der Waals surface area contributed by atoms with Crippen molar-refractivity contribution < 1.29 is 14.6 Å². The number of hydrogen-bond donors (Lipinski definition) is 2. The maximum Gasteiger partial charge on any atom is 0.253 e. The van der Waals surface area contributed by atoms with Crippen LogP contribution >= 0.6 is 11.6 Å². The Morgan fingerprint density at radius 3 is 2.94 bits per heavy atom. The van der Waals surface area contributed by atoms with Gasteiger partial charge in [-0.15, -0.1) is 6.58 Å². The van der Waals surface area contributed by atoms with E-state index in [9.17, 15) is 9.90 Å². The van der Waals surface area contributed by atoms with Gasteiger partial charge in [0.05, 0.1) is 5.02 Å². The van der Waals surface area contributed by atoms with Crippen LogP contribution in [0.15, 0.2) is 30.9 Å². The molecule has 0 fully saturated rings. The molecular formula is C12H14ClNO3. The van der Waals surface area contributed by atoms with Gasteiger partial charge in [0.25, 0.3) is 5.91 Å². The predicted octanol–water partition coefficient (Wildman–Crippen LogP) is 2.04. The summed E-state index contributed by atoms with van der Waals surface area (Å²) >= 11 is 5.77. The number of phenols is 1. The van der Waals surface area contributed by atoms with Crippen molar-refractivity contribution in [2.75, 3.05) is 13.7 Å². The lowest BCUT2D eigenvalue weighted by molar-refractivity contribution is -0.131. The van der Waals surface area contributed by atoms with Gasteiger partial charge in [-0.3, -0.25) is 4.79 Å². The third-order valence-corrected chi connectivity index (χ3v) is 2.47. The molecule has 1 aromatic carbocycles. The zero-order valence-corrected chi connectivity index (χ0v) is 10.2. The van der Waals surface area contributed by atoms with Crippen LogP contribution in [-0.4, -0.2) is 24.7 Å². The molecule has 92 valence electrons. The van der Waals surface area contributed by atoms with Crippen LogP contribution < -0.4 is 5.32 Å². The number of hydrogen-bond acceptors (Lipinski definition) is 3. The molecule has 17 heavy (non-hydrogen) atoms. The summed E-state index contributed by atoms with van der Waals surface area (Å²) in [6.07, 6.45) is 0.821. The van der Waals surface area contributed by atoms with E-state index in [-0.39, 0.29) is 16.7 Å². The summed E-state index contributed by atoms with van der Waals surface area (Å²) < 4.78 is 5.10. The smallest absolute Gasteiger partial charge is 0.253 e. The van der Waals surface area contributed by atoms with Crippen molar-refractivity contribution in [1.29, 1.82) is 0 Å². The maximum absolute atomic E-state index is 11.7. The maximum atomic E-state index is 11.7. The third kappa shape index (κ3) is 3.47. The molecule has 0 bridgehead atoms. The molecule has 1 rings (SSSR count). The quantitative estimate of drug-likeness (QED) is 0.792. The van der Waals surface area contributed by atoms with Crippen LogP contribution in [0.1, 0.15) is 11.7 Å². The van der Waals surface area contributed by atoms with Crippen LogP contribution in [0.2, 0.25) is 5.02 Å². The van der Waals surface area contributed by atoms with Crippen molar-refractivity contribution in [2.45, 2.75) is 6.10 Å². The number of ether oxygens (including phenoxy) is 1. The number of carbonyl (C=O) groups excluding carboxylic acids is 1. The third-order valence-electron chi connectivity index (χ3n) is 2.17. The lowest BCUT2D eigenvalue weighted by atomic mass is 10.1. The minimum Gasteiger partial charge on any atom is -0.506 e. The first-order chi connectivity index (χ1) is 8.10. The first-order valence-corrected chi connectivity index (χ1v) is 5.37. The Morgan fingerprint density at radius 1 is 1.71 bits per heavy atom. The molecule has 1 amide bonds. The van der Waals surface area contributed by atoms with Gasteiger partial charge in [0.15, 0.2) is 6.10 Å². The SMILES string of the molecule is C=CCNC(=O)C(OC)c1ccc(O)c(Cl)c1. The molecule has 0 aliphatic rings. The Balaban J connectivity index is 2.89. The van der Waals surface area contributed by atoms with Gasteiger partial charge < -0.3 is 15.2 Å². The largest absolute Gasteiger partial charge is 0.506 e. The average molecular weight is 256 g/mol. The van der Waals surface area contributed by atoms with Crippen LogP contribution in [0.25, 0.3) is 0 Å². The summed E-state index contributed by atoms with van der Waals surface area (Å²) in [7, 11) is 1.43. The van der Waals surface area contributed by atoms with Gasteiger partial charge in [-0.25, -0.2) is 0 Å². The Labute approximate surface area is 105 Å². The first-order valence-electron chi connectivity index (χ1n) is 5.00. The van der Waals surface area contributed by atoms with Crippen LogP contribution in [0, 0.1) is 0 Å². The molecule has 0 aliphatic heterocycles. The van der Waals surface area contributed by atoms with Crippen molar-refractivity contribution in [3.05, 3.63) is 41.4 Å². The van der Waals surface area contributed by atoms with E-state index in [4.69, 9.17) is 16.3 Å². The van der Waals surface area contributed by atoms with Crippen LogP contribution in [0.5, 0.6) is 5.75 Å². The van der Waals surface area contributed by atoms with E-state index in [1.807, 2.05) is 0 Å². The number of methoxy groups -OCH3 is 1. The normalized spacial score (nSPS) is 11.9. The second-order valence-electron chi connectivity index (χ2n) is 3.36. The fourth-order valence-electron chi connectivity index (χ4n) is 1.35. The number of amides is 1. The number of carbonyl (C=O) groups is 1. The monoisotopic (exact) mass is 255 g/mol. The highest BCUT2D eigenvalue weighted by Crippen LogP contribution is 2.27. The topological polar surface area (TPSA) is 58.6 Å². The van der Waals surface area contributed by atoms with Crippen molar-refractivity contribution in [1.82, 2.24) is 5.32 Å². The zero-order chi connectivity index (χ0) is 12.8. The molecular weight excluding hydrogens is 242 g/mol. The van der Waals surface area contributed by atoms with E-state index in [1.54, 1.807) is 12.1 Å². The molecule has 4 nitrogen and oxygen atoms in total. The number of halogens is 1. The summed E-state index contributed by atoms with van der Waals surface area (Å²) in [5.74, 6) is -0.314. The Bertz CT molecular complexity index is 420. The predicted molar refractivity (Wildman–Crippen MR) is 66.1 cm³/mol. The van der Waals surface area contributed by atoms with Gasteiger partial charge in [0, 0.05) is 13.7 Å². The highest BCUT2D eigenvalue weighted by Gasteiger charge is 2.20. The summed E-state index contributed by atoms with van der Waals surface area (Å²) in [5.41, 5.74) is 0.580. The standard InChI is InChI=1S/C12H14ClNO3/c1-3-6-14-12(16)11(17-2)8-4-5-10(15)9(13)7-8/h3-5,7,11,15H,1,6H2,2H3,(H,14,16). The van der Waals surface area contributed by atoms with Crippen LogP contribution in [-0.2, 0) is 9.53 Å². The molecule has 1 aromatic rings. The molecule has 5 heteroatoms. The highest BCUT2D eigenvalue weighted by molar-refractivity contribution is 6.32. The summed E-state index contributed by atoms with van der Waals surface area (Å²) in [6.45, 7) is 3.87. The van der Waals surface area contributed by atoms with E-state index in [1.165, 1.54) is 19.2 Å². The molecule has 1 atom stereocenters. The number of phenolic OH excluding ortho intramolecular Hbond substituents is 1. The Hall–Kier alpha value is -1.52. The molecule has 0 heterocycles. The fourth-order valence-corrected chi connectivity index (χ4v) is 1.54. The lowest BCUT2D eigenvalue weighted by Crippen LogP contribution is -2.30. The van der Waals surface area contributed by atoms with Gasteiger partial charge in [-0.1, -0.05) is 23.7 Å². The van der Waals surface area contributed by atoms with Gasteiger partial charge >= 0.3 is 0 Å². The highest BCUT2D eigenvalue weighted by atomic mass is 35.5. The minimum atomic E-state index is -0.756. The summed E-state index contributed by atoms with van der Waals surface area (Å²) in [4.78, 5) is 11.7. The van der Waals surface area contributed by atoms with E-state index >= 15 is 0 Å². The van der Waals surface area contributed by atoms with Crippen molar-refractivity contribution in [3.63, 3.8) is 0 Å². The van der Waals surface area contributed by atoms with Gasteiger partial charge in [0.2, 0.25) is 0 Å². The molecule has 0 saturated heterocycles. The van der Waals surface area contributed by atoms with E-state index in [0.29, 0.717) is 12.1 Å². The second-order valence-corrected chi connectivity index (χ2v) is 3.77. The minimum absolute atomic E-state index is 0.0308. The molecule has 0 aromatic heterocycles. The van der Waals surface area contributed by atoms with Crippen molar-refractivity contribution >= 4 is 17.5 Å². The lowest BCUT2D eigenvalue weighted by Gasteiger charge is -2.15. The Morgan fingerprint density at radius 2 is 2.41 bits per heavy atom. The van der Waals surface area contributed by atoms with Crippen LogP contribution in [0.4, 0.5) is 0 Å². The molecule has 0 saturated carbocycles. The number of nitrogens with one attached hydrogen (secondary N) is 1. The summed E-state index contributed by atoms with van der Waals surface area (Å²) in [5, 5.41) is 12.1. The second kappa shape index (κ2) is 6.27. The summed E-state index contributed by atoms with van der Waals surface area (Å²) in [6, 6.07) is 4.51.